The van der Waals surface area contributed by atoms with E-state index >= 15 is 0 Å². The fraction of sp³-hybridized carbons (Fsp3) is 0.444. The number of hydrogen-bond donors (Lipinski definition) is 2. The lowest BCUT2D eigenvalue weighted by molar-refractivity contribution is 0.0664. The first-order valence-corrected chi connectivity index (χ1v) is 3.91. The maximum Gasteiger partial charge on any atom is 0.100 e. The molecule has 3 N–H and O–H groups in total. The van der Waals surface area contributed by atoms with Gasteiger partial charge in [-0.3, -0.25) is 4.98 Å². The molecule has 12 heavy (non-hydrogen) atoms. The van der Waals surface area contributed by atoms with Crippen LogP contribution in [0.1, 0.15) is 18.1 Å². The Kier molecular flexibility index (Phi) is 2.45. The first-order valence-electron chi connectivity index (χ1n) is 3.91. The minimum Gasteiger partial charge on any atom is -0.384 e. The van der Waals surface area contributed by atoms with Crippen molar-refractivity contribution in [1.29, 1.82) is 0 Å². The number of aliphatic hydroxyl groups is 1. The van der Waals surface area contributed by atoms with Gasteiger partial charge in [-0.15, -0.1) is 0 Å². The molecule has 0 fully saturated rings. The third kappa shape index (κ3) is 1.81. The van der Waals surface area contributed by atoms with Gasteiger partial charge in [0, 0.05) is 24.5 Å². The maximum atomic E-state index is 9.75. The van der Waals surface area contributed by atoms with E-state index in [1.54, 1.807) is 19.3 Å². The second kappa shape index (κ2) is 3.21. The van der Waals surface area contributed by atoms with Crippen molar-refractivity contribution in [3.05, 3.63) is 29.6 Å². The summed E-state index contributed by atoms with van der Waals surface area (Å²) in [4.78, 5) is 3.98. The summed E-state index contributed by atoms with van der Waals surface area (Å²) in [5.41, 5.74) is 6.25. The van der Waals surface area contributed by atoms with Crippen molar-refractivity contribution in [2.75, 3.05) is 6.54 Å². The summed E-state index contributed by atoms with van der Waals surface area (Å²) in [5.74, 6) is 0. The van der Waals surface area contributed by atoms with E-state index in [0.717, 1.165) is 11.1 Å². The Bertz CT molecular complexity index is 271. The molecule has 0 spiro atoms. The molecule has 0 aliphatic heterocycles. The Morgan fingerprint density at radius 3 is 2.75 bits per heavy atom. The van der Waals surface area contributed by atoms with Crippen LogP contribution in [-0.4, -0.2) is 16.6 Å². The van der Waals surface area contributed by atoms with Crippen LogP contribution in [0.15, 0.2) is 18.5 Å². The fourth-order valence-corrected chi connectivity index (χ4v) is 0.967. The Morgan fingerprint density at radius 2 is 2.25 bits per heavy atom. The first-order chi connectivity index (χ1) is 5.56. The second-order valence-electron chi connectivity index (χ2n) is 3.23. The van der Waals surface area contributed by atoms with Gasteiger partial charge in [-0.2, -0.15) is 0 Å². The number of pyridine rings is 1. The zero-order chi connectivity index (χ0) is 9.19. The maximum absolute atomic E-state index is 9.75. The van der Waals surface area contributed by atoms with Crippen LogP contribution in [0.2, 0.25) is 0 Å². The van der Waals surface area contributed by atoms with Gasteiger partial charge < -0.3 is 10.8 Å². The van der Waals surface area contributed by atoms with Crippen molar-refractivity contribution >= 4 is 0 Å². The Labute approximate surface area is 72.2 Å². The van der Waals surface area contributed by atoms with Gasteiger partial charge in [0.2, 0.25) is 0 Å². The third-order valence-electron chi connectivity index (χ3n) is 1.89. The predicted octanol–water partition coefficient (Wildman–Crippen LogP) is 0.556. The van der Waals surface area contributed by atoms with Gasteiger partial charge in [0.05, 0.1) is 0 Å². The molecule has 0 saturated heterocycles. The molecule has 66 valence electrons. The second-order valence-corrected chi connectivity index (χ2v) is 3.23. The average molecular weight is 166 g/mol. The zero-order valence-corrected chi connectivity index (χ0v) is 7.41. The standard InChI is InChI=1S/C9H14N2O/c1-7-3-8(5-11-4-7)9(2,12)6-10/h3-5,12H,6,10H2,1-2H3. The van der Waals surface area contributed by atoms with Crippen molar-refractivity contribution in [2.45, 2.75) is 19.4 Å². The largest absolute Gasteiger partial charge is 0.384 e. The summed E-state index contributed by atoms with van der Waals surface area (Å²) in [6.07, 6.45) is 3.38. The highest BCUT2D eigenvalue weighted by molar-refractivity contribution is 5.22. The van der Waals surface area contributed by atoms with Crippen molar-refractivity contribution in [3.63, 3.8) is 0 Å². The van der Waals surface area contributed by atoms with E-state index in [0.29, 0.717) is 0 Å². The van der Waals surface area contributed by atoms with E-state index in [9.17, 15) is 5.11 Å². The monoisotopic (exact) mass is 166 g/mol. The van der Waals surface area contributed by atoms with Gasteiger partial charge in [0.15, 0.2) is 0 Å². The summed E-state index contributed by atoms with van der Waals surface area (Å²) in [5, 5.41) is 9.75. The van der Waals surface area contributed by atoms with Crippen molar-refractivity contribution < 1.29 is 5.11 Å². The first kappa shape index (κ1) is 9.16. The van der Waals surface area contributed by atoms with E-state index in [1.165, 1.54) is 0 Å². The lowest BCUT2D eigenvalue weighted by atomic mass is 9.97. The smallest absolute Gasteiger partial charge is 0.100 e. The van der Waals surface area contributed by atoms with Gasteiger partial charge in [-0.05, 0) is 19.4 Å². The van der Waals surface area contributed by atoms with Crippen LogP contribution in [0.25, 0.3) is 0 Å². The molecule has 0 aromatic carbocycles. The number of aryl methyl sites for hydroxylation is 1. The van der Waals surface area contributed by atoms with Crippen LogP contribution in [0.3, 0.4) is 0 Å². The fourth-order valence-electron chi connectivity index (χ4n) is 0.967. The molecule has 3 nitrogen and oxygen atoms in total. The van der Waals surface area contributed by atoms with Crippen LogP contribution in [-0.2, 0) is 5.60 Å². The lowest BCUT2D eigenvalue weighted by Gasteiger charge is -2.21. The number of aromatic nitrogens is 1. The Balaban J connectivity index is 3.03. The van der Waals surface area contributed by atoms with E-state index in [1.807, 2.05) is 13.0 Å². The highest BCUT2D eigenvalue weighted by Gasteiger charge is 2.20. The average Bonchev–Trinajstić information content (AvgIpc) is 2.05. The van der Waals surface area contributed by atoms with Crippen LogP contribution in [0, 0.1) is 6.92 Å². The van der Waals surface area contributed by atoms with Crippen LogP contribution < -0.4 is 5.73 Å². The molecule has 0 aliphatic carbocycles. The predicted molar refractivity (Wildman–Crippen MR) is 47.6 cm³/mol. The molecule has 1 aromatic heterocycles. The number of hydrogen-bond acceptors (Lipinski definition) is 3. The number of nitrogens with zero attached hydrogens (tertiary/aromatic N) is 1. The SMILES string of the molecule is Cc1cncc(C(C)(O)CN)c1. The minimum absolute atomic E-state index is 0.206. The van der Waals surface area contributed by atoms with Crippen molar-refractivity contribution in [3.8, 4) is 0 Å². The third-order valence-corrected chi connectivity index (χ3v) is 1.89. The Hall–Kier alpha value is -0.930. The number of rotatable bonds is 2. The zero-order valence-electron chi connectivity index (χ0n) is 7.41. The molecule has 0 bridgehead atoms. The van der Waals surface area contributed by atoms with Crippen LogP contribution >= 0.6 is 0 Å². The number of nitrogens with two attached hydrogens (primary N) is 1. The van der Waals surface area contributed by atoms with Gasteiger partial charge in [-0.1, -0.05) is 6.07 Å². The molecule has 0 saturated carbocycles. The molecule has 1 heterocycles. The lowest BCUT2D eigenvalue weighted by Crippen LogP contribution is -2.31. The summed E-state index contributed by atoms with van der Waals surface area (Å²) < 4.78 is 0. The van der Waals surface area contributed by atoms with Crippen LogP contribution in [0.4, 0.5) is 0 Å². The van der Waals surface area contributed by atoms with E-state index < -0.39 is 5.60 Å². The molecular formula is C9H14N2O. The van der Waals surface area contributed by atoms with E-state index in [2.05, 4.69) is 4.98 Å². The van der Waals surface area contributed by atoms with Gasteiger partial charge in [-0.25, -0.2) is 0 Å². The molecular weight excluding hydrogens is 152 g/mol. The molecule has 1 unspecified atom stereocenters. The molecule has 1 rings (SSSR count). The van der Waals surface area contributed by atoms with Crippen molar-refractivity contribution in [2.24, 2.45) is 5.73 Å². The van der Waals surface area contributed by atoms with E-state index in [-0.39, 0.29) is 6.54 Å². The van der Waals surface area contributed by atoms with Gasteiger partial charge in [0.25, 0.3) is 0 Å². The highest BCUT2D eigenvalue weighted by Crippen LogP contribution is 2.18. The molecule has 1 aromatic rings. The van der Waals surface area contributed by atoms with Gasteiger partial charge in [0.1, 0.15) is 5.60 Å². The quantitative estimate of drug-likeness (QED) is 0.674. The molecule has 0 amide bonds. The molecule has 3 heteroatoms. The van der Waals surface area contributed by atoms with Crippen molar-refractivity contribution in [1.82, 2.24) is 4.98 Å². The highest BCUT2D eigenvalue weighted by atomic mass is 16.3. The summed E-state index contributed by atoms with van der Waals surface area (Å²) in [6.45, 7) is 3.82. The van der Waals surface area contributed by atoms with Gasteiger partial charge >= 0.3 is 0 Å². The summed E-state index contributed by atoms with van der Waals surface area (Å²) in [7, 11) is 0. The Morgan fingerprint density at radius 1 is 1.58 bits per heavy atom. The van der Waals surface area contributed by atoms with E-state index in [4.69, 9.17) is 5.73 Å². The molecule has 1 atom stereocenters. The molecule has 0 radical (unpaired) electrons. The molecule has 0 aliphatic rings. The summed E-state index contributed by atoms with van der Waals surface area (Å²) >= 11 is 0. The topological polar surface area (TPSA) is 59.1 Å². The normalized spacial score (nSPS) is 15.7. The minimum atomic E-state index is -0.959. The summed E-state index contributed by atoms with van der Waals surface area (Å²) in [6, 6.07) is 1.89. The van der Waals surface area contributed by atoms with Crippen LogP contribution in [0.5, 0.6) is 0 Å².